The van der Waals surface area contributed by atoms with Crippen LogP contribution in [0.3, 0.4) is 0 Å². The van der Waals surface area contributed by atoms with Gasteiger partial charge < -0.3 is 10.1 Å². The lowest BCUT2D eigenvalue weighted by molar-refractivity contribution is 0.166. The van der Waals surface area contributed by atoms with Crippen molar-refractivity contribution >= 4 is 0 Å². The first-order valence-corrected chi connectivity index (χ1v) is 3.79. The van der Waals surface area contributed by atoms with E-state index in [2.05, 4.69) is 10.6 Å². The molecule has 3 heteroatoms. The SMILES string of the molecule is COCC1CC[N]CCN1. The Bertz CT molecular complexity index is 79.7. The molecule has 0 aromatic rings. The van der Waals surface area contributed by atoms with Gasteiger partial charge in [-0.15, -0.1) is 0 Å². The number of hydrogen-bond donors (Lipinski definition) is 1. The summed E-state index contributed by atoms with van der Waals surface area (Å²) in [5, 5.41) is 7.65. The van der Waals surface area contributed by atoms with Gasteiger partial charge >= 0.3 is 0 Å². The Hall–Kier alpha value is -0.120. The highest BCUT2D eigenvalue weighted by Crippen LogP contribution is 1.94. The van der Waals surface area contributed by atoms with Gasteiger partial charge in [0.05, 0.1) is 6.61 Å². The molecule has 1 N–H and O–H groups in total. The lowest BCUT2D eigenvalue weighted by Gasteiger charge is -2.12. The van der Waals surface area contributed by atoms with Gasteiger partial charge in [-0.2, -0.15) is 0 Å². The highest BCUT2D eigenvalue weighted by atomic mass is 16.5. The van der Waals surface area contributed by atoms with Crippen LogP contribution in [0, 0.1) is 0 Å². The largest absolute Gasteiger partial charge is 0.383 e. The van der Waals surface area contributed by atoms with Gasteiger partial charge in [0, 0.05) is 32.8 Å². The molecule has 59 valence electrons. The Kier molecular flexibility index (Phi) is 3.72. The molecule has 1 atom stereocenters. The Labute approximate surface area is 62.1 Å². The van der Waals surface area contributed by atoms with Crippen LogP contribution in [-0.2, 0) is 4.74 Å². The average Bonchev–Trinajstić information content (AvgIpc) is 2.17. The summed E-state index contributed by atoms with van der Waals surface area (Å²) in [5.74, 6) is 0. The predicted molar refractivity (Wildman–Crippen MR) is 40.2 cm³/mol. The third-order valence-electron chi connectivity index (χ3n) is 1.71. The van der Waals surface area contributed by atoms with E-state index in [1.54, 1.807) is 7.11 Å². The molecule has 1 aliphatic heterocycles. The molecule has 0 bridgehead atoms. The molecule has 0 aromatic heterocycles. The summed E-state index contributed by atoms with van der Waals surface area (Å²) >= 11 is 0. The van der Waals surface area contributed by atoms with Crippen LogP contribution >= 0.6 is 0 Å². The fraction of sp³-hybridized carbons (Fsp3) is 1.00. The molecule has 1 radical (unpaired) electrons. The van der Waals surface area contributed by atoms with Crippen molar-refractivity contribution in [1.82, 2.24) is 10.6 Å². The summed E-state index contributed by atoms with van der Waals surface area (Å²) in [6.07, 6.45) is 1.12. The summed E-state index contributed by atoms with van der Waals surface area (Å²) in [6.45, 7) is 3.77. The highest BCUT2D eigenvalue weighted by molar-refractivity contribution is 4.71. The van der Waals surface area contributed by atoms with Crippen LogP contribution in [0.4, 0.5) is 0 Å². The van der Waals surface area contributed by atoms with Gasteiger partial charge in [-0.05, 0) is 6.42 Å². The van der Waals surface area contributed by atoms with Crippen molar-refractivity contribution in [1.29, 1.82) is 0 Å². The maximum atomic E-state index is 5.03. The molecule has 0 saturated carbocycles. The van der Waals surface area contributed by atoms with E-state index in [1.807, 2.05) is 0 Å². The van der Waals surface area contributed by atoms with Crippen LogP contribution < -0.4 is 10.6 Å². The molecule has 0 spiro atoms. The number of ether oxygens (including phenoxy) is 1. The summed E-state index contributed by atoms with van der Waals surface area (Å²) < 4.78 is 5.03. The predicted octanol–water partition coefficient (Wildman–Crippen LogP) is -0.401. The van der Waals surface area contributed by atoms with Crippen LogP contribution in [0.25, 0.3) is 0 Å². The van der Waals surface area contributed by atoms with Crippen molar-refractivity contribution in [3.8, 4) is 0 Å². The van der Waals surface area contributed by atoms with E-state index >= 15 is 0 Å². The van der Waals surface area contributed by atoms with Crippen molar-refractivity contribution in [2.45, 2.75) is 12.5 Å². The summed E-state index contributed by atoms with van der Waals surface area (Å²) in [7, 11) is 1.74. The summed E-state index contributed by atoms with van der Waals surface area (Å²) in [5.41, 5.74) is 0. The van der Waals surface area contributed by atoms with E-state index in [9.17, 15) is 0 Å². The maximum Gasteiger partial charge on any atom is 0.0616 e. The number of rotatable bonds is 2. The molecular weight excluding hydrogens is 128 g/mol. The molecule has 0 aliphatic carbocycles. The quantitative estimate of drug-likeness (QED) is 0.571. The fourth-order valence-electron chi connectivity index (χ4n) is 1.15. The van der Waals surface area contributed by atoms with Crippen LogP contribution in [0.15, 0.2) is 0 Å². The van der Waals surface area contributed by atoms with Gasteiger partial charge in [-0.3, -0.25) is 0 Å². The van der Waals surface area contributed by atoms with Gasteiger partial charge in [-0.1, -0.05) is 0 Å². The monoisotopic (exact) mass is 143 g/mol. The zero-order valence-corrected chi connectivity index (χ0v) is 6.47. The van der Waals surface area contributed by atoms with E-state index in [0.29, 0.717) is 6.04 Å². The second-order valence-electron chi connectivity index (χ2n) is 2.57. The van der Waals surface area contributed by atoms with E-state index < -0.39 is 0 Å². The summed E-state index contributed by atoms with van der Waals surface area (Å²) in [4.78, 5) is 0. The van der Waals surface area contributed by atoms with Crippen molar-refractivity contribution in [3.63, 3.8) is 0 Å². The van der Waals surface area contributed by atoms with E-state index in [4.69, 9.17) is 4.74 Å². The van der Waals surface area contributed by atoms with Gasteiger partial charge in [0.1, 0.15) is 0 Å². The third-order valence-corrected chi connectivity index (χ3v) is 1.71. The molecule has 1 fully saturated rings. The number of hydrogen-bond acceptors (Lipinski definition) is 2. The van der Waals surface area contributed by atoms with Crippen LogP contribution in [0.5, 0.6) is 0 Å². The first-order chi connectivity index (χ1) is 4.93. The van der Waals surface area contributed by atoms with Gasteiger partial charge in [0.15, 0.2) is 0 Å². The lowest BCUT2D eigenvalue weighted by Crippen LogP contribution is -2.33. The minimum absolute atomic E-state index is 0.524. The van der Waals surface area contributed by atoms with Gasteiger partial charge in [0.2, 0.25) is 0 Å². The molecule has 1 heterocycles. The number of nitrogens with zero attached hydrogens (tertiary/aromatic N) is 1. The Morgan fingerprint density at radius 1 is 1.60 bits per heavy atom. The van der Waals surface area contributed by atoms with Crippen LogP contribution in [-0.4, -0.2) is 39.4 Å². The summed E-state index contributed by atoms with van der Waals surface area (Å²) in [6, 6.07) is 0.524. The topological polar surface area (TPSA) is 35.4 Å². The highest BCUT2D eigenvalue weighted by Gasteiger charge is 2.09. The molecule has 1 rings (SSSR count). The first-order valence-electron chi connectivity index (χ1n) is 3.79. The fourth-order valence-corrected chi connectivity index (χ4v) is 1.15. The molecule has 0 amide bonds. The molecule has 0 aromatic carbocycles. The van der Waals surface area contributed by atoms with Crippen molar-refractivity contribution in [2.24, 2.45) is 0 Å². The average molecular weight is 143 g/mol. The van der Waals surface area contributed by atoms with E-state index in [-0.39, 0.29) is 0 Å². The van der Waals surface area contributed by atoms with E-state index in [0.717, 1.165) is 32.7 Å². The Balaban J connectivity index is 2.15. The normalized spacial score (nSPS) is 27.9. The standard InChI is InChI=1S/C7H15N2O/c1-10-6-7-2-3-8-4-5-9-7/h7,9H,2-6H2,1H3. The minimum atomic E-state index is 0.524. The maximum absolute atomic E-state index is 5.03. The Morgan fingerprint density at radius 3 is 3.30 bits per heavy atom. The smallest absolute Gasteiger partial charge is 0.0616 e. The number of methoxy groups -OCH3 is 1. The van der Waals surface area contributed by atoms with Gasteiger partial charge in [0.25, 0.3) is 0 Å². The molecule has 10 heavy (non-hydrogen) atoms. The molecule has 1 unspecified atom stereocenters. The van der Waals surface area contributed by atoms with Gasteiger partial charge in [-0.25, -0.2) is 5.32 Å². The number of nitrogens with one attached hydrogen (secondary N) is 1. The second-order valence-corrected chi connectivity index (χ2v) is 2.57. The van der Waals surface area contributed by atoms with E-state index in [1.165, 1.54) is 0 Å². The van der Waals surface area contributed by atoms with Crippen LogP contribution in [0.1, 0.15) is 6.42 Å². The lowest BCUT2D eigenvalue weighted by atomic mass is 10.2. The molecular formula is C7H15N2O. The molecule has 1 saturated heterocycles. The zero-order chi connectivity index (χ0) is 7.23. The van der Waals surface area contributed by atoms with Crippen molar-refractivity contribution in [3.05, 3.63) is 0 Å². The van der Waals surface area contributed by atoms with Crippen molar-refractivity contribution in [2.75, 3.05) is 33.4 Å². The first kappa shape index (κ1) is 7.98. The second kappa shape index (κ2) is 4.66. The molecule has 3 nitrogen and oxygen atoms in total. The molecule has 1 aliphatic rings. The minimum Gasteiger partial charge on any atom is -0.383 e. The third kappa shape index (κ3) is 2.64. The van der Waals surface area contributed by atoms with Crippen LogP contribution in [0.2, 0.25) is 0 Å². The Morgan fingerprint density at radius 2 is 2.50 bits per heavy atom. The zero-order valence-electron chi connectivity index (χ0n) is 6.47. The van der Waals surface area contributed by atoms with Crippen molar-refractivity contribution < 1.29 is 4.74 Å².